The van der Waals surface area contributed by atoms with Gasteiger partial charge in [-0.3, -0.25) is 14.5 Å². The second-order valence-corrected chi connectivity index (χ2v) is 9.30. The highest BCUT2D eigenvalue weighted by Crippen LogP contribution is 2.62. The third kappa shape index (κ3) is 1.93. The van der Waals surface area contributed by atoms with E-state index >= 15 is 0 Å². The molecule has 4 atom stereocenters. The molecule has 5 heteroatoms. The maximum absolute atomic E-state index is 12.9. The van der Waals surface area contributed by atoms with Crippen molar-refractivity contribution in [1.82, 2.24) is 4.90 Å². The zero-order chi connectivity index (χ0) is 18.3. The summed E-state index contributed by atoms with van der Waals surface area (Å²) >= 11 is 0. The first-order valence-corrected chi connectivity index (χ1v) is 10.5. The summed E-state index contributed by atoms with van der Waals surface area (Å²) in [5, 5.41) is 0. The van der Waals surface area contributed by atoms with E-state index in [1.165, 1.54) is 31.4 Å². The van der Waals surface area contributed by atoms with Crippen molar-refractivity contribution < 1.29 is 14.3 Å². The number of amides is 1. The molecule has 6 rings (SSSR count). The molecule has 0 radical (unpaired) electrons. The van der Waals surface area contributed by atoms with E-state index in [0.29, 0.717) is 29.7 Å². The molecule has 1 saturated heterocycles. The molecule has 2 aliphatic heterocycles. The first-order valence-electron chi connectivity index (χ1n) is 10.5. The van der Waals surface area contributed by atoms with Gasteiger partial charge in [0, 0.05) is 30.0 Å². The Hall–Kier alpha value is -1.88. The van der Waals surface area contributed by atoms with Gasteiger partial charge in [-0.1, -0.05) is 12.5 Å². The lowest BCUT2D eigenvalue weighted by atomic mass is 9.51. The molecule has 142 valence electrons. The number of rotatable bonds is 3. The van der Waals surface area contributed by atoms with Crippen molar-refractivity contribution in [3.63, 3.8) is 0 Å². The fourth-order valence-corrected chi connectivity index (χ4v) is 6.85. The highest BCUT2D eigenvalue weighted by molar-refractivity contribution is 5.98. The molecule has 27 heavy (non-hydrogen) atoms. The minimum absolute atomic E-state index is 0.205. The summed E-state index contributed by atoms with van der Waals surface area (Å²) in [7, 11) is 0. The lowest BCUT2D eigenvalue weighted by molar-refractivity contribution is -0.139. The van der Waals surface area contributed by atoms with Crippen LogP contribution >= 0.6 is 0 Å². The molecular formula is C22H26N2O3. The SMILES string of the molecule is NC(=O)c1ccc2c3c1O[C@H]1C(=O)CC[C@H]4[C@@H](C2)N(CC2CCC2)CC[C@]314. The predicted octanol–water partition coefficient (Wildman–Crippen LogP) is 2.19. The number of ether oxygens (including phenoxy) is 1. The Morgan fingerprint density at radius 2 is 2.15 bits per heavy atom. The van der Waals surface area contributed by atoms with Crippen molar-refractivity contribution in [3.05, 3.63) is 28.8 Å². The van der Waals surface area contributed by atoms with Crippen LogP contribution in [0.25, 0.3) is 0 Å². The standard InChI is InChI=1S/C22H26N2O3/c23-21(26)14-5-4-13-10-16-15-6-7-17(25)20-22(15,18(13)19(14)27-20)8-9-24(16)11-12-2-1-3-12/h4-5,12,15-16,20H,1-3,6-11H2,(H2,23,26)/t15-,16+,20-,22-/m0/s1. The van der Waals surface area contributed by atoms with Gasteiger partial charge in [-0.05, 0) is 62.1 Å². The Kier molecular flexibility index (Phi) is 3.19. The maximum atomic E-state index is 12.9. The molecule has 5 nitrogen and oxygen atoms in total. The van der Waals surface area contributed by atoms with Crippen molar-refractivity contribution in [1.29, 1.82) is 0 Å². The van der Waals surface area contributed by atoms with Crippen LogP contribution in [-0.2, 0) is 16.6 Å². The zero-order valence-electron chi connectivity index (χ0n) is 15.6. The summed E-state index contributed by atoms with van der Waals surface area (Å²) in [6.07, 6.45) is 7.20. The van der Waals surface area contributed by atoms with Gasteiger partial charge in [0.1, 0.15) is 5.75 Å². The summed E-state index contributed by atoms with van der Waals surface area (Å²) < 4.78 is 6.26. The van der Waals surface area contributed by atoms with Crippen LogP contribution in [0.3, 0.4) is 0 Å². The average molecular weight is 366 g/mol. The number of piperidine rings is 1. The van der Waals surface area contributed by atoms with E-state index in [9.17, 15) is 9.59 Å². The molecule has 1 spiro atoms. The van der Waals surface area contributed by atoms with Gasteiger partial charge in [-0.25, -0.2) is 0 Å². The largest absolute Gasteiger partial charge is 0.481 e. The van der Waals surface area contributed by atoms with Crippen LogP contribution in [0.5, 0.6) is 5.75 Å². The van der Waals surface area contributed by atoms with Crippen LogP contribution in [0.2, 0.25) is 0 Å². The smallest absolute Gasteiger partial charge is 0.252 e. The number of hydrogen-bond donors (Lipinski definition) is 1. The van der Waals surface area contributed by atoms with Crippen LogP contribution in [-0.4, -0.2) is 41.8 Å². The van der Waals surface area contributed by atoms with Gasteiger partial charge in [0.05, 0.1) is 5.56 Å². The number of carbonyl (C=O) groups is 2. The number of nitrogens with zero attached hydrogens (tertiary/aromatic N) is 1. The van der Waals surface area contributed by atoms with Gasteiger partial charge in [-0.15, -0.1) is 0 Å². The molecular weight excluding hydrogens is 340 g/mol. The van der Waals surface area contributed by atoms with E-state index in [0.717, 1.165) is 37.3 Å². The molecule has 2 bridgehead atoms. The Morgan fingerprint density at radius 3 is 2.89 bits per heavy atom. The first-order chi connectivity index (χ1) is 13.1. The Bertz CT molecular complexity index is 861. The summed E-state index contributed by atoms with van der Waals surface area (Å²) in [4.78, 5) is 27.6. The molecule has 3 aliphatic carbocycles. The Balaban J connectivity index is 1.50. The van der Waals surface area contributed by atoms with E-state index in [1.54, 1.807) is 6.07 Å². The van der Waals surface area contributed by atoms with Gasteiger partial charge in [0.2, 0.25) is 0 Å². The summed E-state index contributed by atoms with van der Waals surface area (Å²) in [5.41, 5.74) is 8.26. The zero-order valence-corrected chi connectivity index (χ0v) is 15.6. The quantitative estimate of drug-likeness (QED) is 0.890. The normalized spacial score (nSPS) is 36.7. The van der Waals surface area contributed by atoms with Crippen molar-refractivity contribution in [2.24, 2.45) is 17.6 Å². The second kappa shape index (κ2) is 5.34. The van der Waals surface area contributed by atoms with E-state index in [1.807, 2.05) is 0 Å². The van der Waals surface area contributed by atoms with E-state index in [-0.39, 0.29) is 11.2 Å². The summed E-state index contributed by atoms with van der Waals surface area (Å²) in [6.45, 7) is 2.24. The monoisotopic (exact) mass is 366 g/mol. The summed E-state index contributed by atoms with van der Waals surface area (Å²) in [6, 6.07) is 4.37. The van der Waals surface area contributed by atoms with Crippen LogP contribution in [0.15, 0.2) is 12.1 Å². The molecule has 2 heterocycles. The Labute approximate surface area is 159 Å². The number of primary amides is 1. The van der Waals surface area contributed by atoms with Gasteiger partial charge < -0.3 is 10.5 Å². The molecule has 1 aromatic carbocycles. The fourth-order valence-electron chi connectivity index (χ4n) is 6.85. The number of nitrogens with two attached hydrogens (primary N) is 1. The number of benzene rings is 1. The van der Waals surface area contributed by atoms with Crippen LogP contribution < -0.4 is 10.5 Å². The molecule has 2 N–H and O–H groups in total. The molecule has 1 aromatic rings. The van der Waals surface area contributed by atoms with Crippen LogP contribution in [0, 0.1) is 11.8 Å². The first kappa shape index (κ1) is 16.1. The average Bonchev–Trinajstić information content (AvgIpc) is 2.95. The number of hydrogen-bond acceptors (Lipinski definition) is 4. The topological polar surface area (TPSA) is 72.6 Å². The van der Waals surface area contributed by atoms with Gasteiger partial charge in [-0.2, -0.15) is 0 Å². The van der Waals surface area contributed by atoms with Crippen molar-refractivity contribution in [3.8, 4) is 5.75 Å². The highest BCUT2D eigenvalue weighted by Gasteiger charge is 2.65. The number of ketones is 1. The number of Topliss-reactive ketones (excluding diaryl/α,β-unsaturated/α-hetero) is 1. The predicted molar refractivity (Wildman–Crippen MR) is 99.8 cm³/mol. The third-order valence-corrected chi connectivity index (χ3v) is 8.23. The van der Waals surface area contributed by atoms with E-state index in [4.69, 9.17) is 10.5 Å². The second-order valence-electron chi connectivity index (χ2n) is 9.30. The molecule has 5 aliphatic rings. The maximum Gasteiger partial charge on any atom is 0.252 e. The van der Waals surface area contributed by atoms with Crippen LogP contribution in [0.1, 0.15) is 60.0 Å². The molecule has 0 unspecified atom stereocenters. The molecule has 3 fully saturated rings. The molecule has 1 amide bonds. The molecule has 0 aromatic heterocycles. The molecule has 2 saturated carbocycles. The van der Waals surface area contributed by atoms with E-state index < -0.39 is 12.0 Å². The van der Waals surface area contributed by atoms with Crippen molar-refractivity contribution in [2.75, 3.05) is 13.1 Å². The lowest BCUT2D eigenvalue weighted by Crippen LogP contribution is -2.66. The van der Waals surface area contributed by atoms with Crippen LogP contribution in [0.4, 0.5) is 0 Å². The fraction of sp³-hybridized carbons (Fsp3) is 0.636. The van der Waals surface area contributed by atoms with Crippen molar-refractivity contribution in [2.45, 2.75) is 62.5 Å². The number of carbonyl (C=O) groups excluding carboxylic acids is 2. The number of likely N-dealkylation sites (tertiary alicyclic amines) is 1. The third-order valence-electron chi connectivity index (χ3n) is 8.23. The minimum atomic E-state index is -0.462. The van der Waals surface area contributed by atoms with Crippen molar-refractivity contribution >= 4 is 11.7 Å². The van der Waals surface area contributed by atoms with E-state index in [2.05, 4.69) is 11.0 Å². The minimum Gasteiger partial charge on any atom is -0.481 e. The highest BCUT2D eigenvalue weighted by atomic mass is 16.5. The van der Waals surface area contributed by atoms with Gasteiger partial charge in [0.25, 0.3) is 5.91 Å². The van der Waals surface area contributed by atoms with Gasteiger partial charge >= 0.3 is 0 Å². The van der Waals surface area contributed by atoms with Gasteiger partial charge in [0.15, 0.2) is 11.9 Å². The Morgan fingerprint density at radius 1 is 1.30 bits per heavy atom. The lowest BCUT2D eigenvalue weighted by Gasteiger charge is -2.58. The summed E-state index contributed by atoms with van der Waals surface area (Å²) in [5.74, 6) is 1.67.